The number of hydrogen-bond donors (Lipinski definition) is 1. The smallest absolute Gasteiger partial charge is 0.255 e. The van der Waals surface area contributed by atoms with E-state index < -0.39 is 0 Å². The highest BCUT2D eigenvalue weighted by molar-refractivity contribution is 7.15. The number of benzene rings is 2. The highest BCUT2D eigenvalue weighted by Crippen LogP contribution is 2.23. The summed E-state index contributed by atoms with van der Waals surface area (Å²) in [7, 11) is 0. The molecular formula is C22H21N3O2S. The average molecular weight is 391 g/mol. The number of aromatic nitrogens is 2. The third-order valence-corrected chi connectivity index (χ3v) is 5.10. The molecule has 0 atom stereocenters. The monoisotopic (exact) mass is 391 g/mol. The lowest BCUT2D eigenvalue weighted by molar-refractivity contribution is 0.0657. The molecule has 6 heteroatoms. The second-order valence-electron chi connectivity index (χ2n) is 6.81. The van der Waals surface area contributed by atoms with Gasteiger partial charge in [0.2, 0.25) is 0 Å². The Hall–Kier alpha value is -2.96. The van der Waals surface area contributed by atoms with Gasteiger partial charge in [0.05, 0.1) is 18.4 Å². The zero-order valence-corrected chi connectivity index (χ0v) is 16.6. The number of anilines is 1. The minimum Gasteiger partial charge on any atom is -0.374 e. The van der Waals surface area contributed by atoms with Crippen molar-refractivity contribution in [2.24, 2.45) is 0 Å². The van der Waals surface area contributed by atoms with Gasteiger partial charge < -0.3 is 10.1 Å². The van der Waals surface area contributed by atoms with Crippen molar-refractivity contribution in [2.45, 2.75) is 26.6 Å². The summed E-state index contributed by atoms with van der Waals surface area (Å²) < 4.78 is 7.58. The van der Waals surface area contributed by atoms with E-state index in [1.165, 1.54) is 0 Å². The molecule has 0 aliphatic carbocycles. The number of nitrogens with one attached hydrogen (secondary N) is 1. The molecule has 28 heavy (non-hydrogen) atoms. The largest absolute Gasteiger partial charge is 0.374 e. The molecule has 0 fully saturated rings. The number of ether oxygens (including phenoxy) is 1. The molecule has 2 aromatic heterocycles. The fraction of sp³-hybridized carbons (Fsp3) is 0.182. The maximum absolute atomic E-state index is 12.5. The van der Waals surface area contributed by atoms with E-state index in [0.29, 0.717) is 12.2 Å². The van der Waals surface area contributed by atoms with E-state index >= 15 is 0 Å². The maximum Gasteiger partial charge on any atom is 0.255 e. The minimum atomic E-state index is -0.133. The molecule has 5 nitrogen and oxygen atoms in total. The number of carbonyl (C=O) groups excluding carboxylic acids is 1. The van der Waals surface area contributed by atoms with E-state index in [1.807, 2.05) is 84.6 Å². The second-order valence-corrected chi connectivity index (χ2v) is 7.68. The lowest BCUT2D eigenvalue weighted by atomic mass is 10.1. The summed E-state index contributed by atoms with van der Waals surface area (Å²) >= 11 is 1.60. The number of carbonyl (C=O) groups is 1. The van der Waals surface area contributed by atoms with Crippen molar-refractivity contribution in [3.63, 3.8) is 0 Å². The first-order valence-electron chi connectivity index (χ1n) is 9.13. The average Bonchev–Trinajstić information content (AvgIpc) is 3.29. The zero-order chi connectivity index (χ0) is 19.5. The van der Waals surface area contributed by atoms with Crippen LogP contribution in [0.5, 0.6) is 0 Å². The van der Waals surface area contributed by atoms with Crippen LogP contribution < -0.4 is 5.32 Å². The number of nitrogens with zero attached hydrogens (tertiary/aromatic N) is 2. The molecular weight excluding hydrogens is 370 g/mol. The van der Waals surface area contributed by atoms with Gasteiger partial charge in [0.15, 0.2) is 4.96 Å². The molecule has 0 unspecified atom stereocenters. The van der Waals surface area contributed by atoms with Gasteiger partial charge in [-0.1, -0.05) is 24.3 Å². The molecule has 0 saturated heterocycles. The normalized spacial score (nSPS) is 11.2. The van der Waals surface area contributed by atoms with Crippen LogP contribution in [0.4, 0.5) is 5.69 Å². The van der Waals surface area contributed by atoms with Crippen LogP contribution in [0.3, 0.4) is 0 Å². The Balaban J connectivity index is 1.41. The van der Waals surface area contributed by atoms with Crippen molar-refractivity contribution in [3.8, 4) is 11.3 Å². The molecule has 4 rings (SSSR count). The number of fused-ring (bicyclic) bond motifs is 1. The van der Waals surface area contributed by atoms with Gasteiger partial charge in [0.25, 0.3) is 5.91 Å². The van der Waals surface area contributed by atoms with Crippen molar-refractivity contribution in [3.05, 3.63) is 77.4 Å². The third-order valence-electron chi connectivity index (χ3n) is 4.33. The van der Waals surface area contributed by atoms with E-state index in [4.69, 9.17) is 4.74 Å². The summed E-state index contributed by atoms with van der Waals surface area (Å²) in [6.45, 7) is 4.55. The van der Waals surface area contributed by atoms with E-state index in [-0.39, 0.29) is 12.0 Å². The van der Waals surface area contributed by atoms with Crippen molar-refractivity contribution in [2.75, 3.05) is 5.32 Å². The fourth-order valence-corrected chi connectivity index (χ4v) is 3.51. The van der Waals surface area contributed by atoms with Crippen LogP contribution in [0.1, 0.15) is 29.8 Å². The van der Waals surface area contributed by atoms with Crippen LogP contribution in [-0.4, -0.2) is 21.4 Å². The predicted octanol–water partition coefficient (Wildman–Crippen LogP) is 5.24. The van der Waals surface area contributed by atoms with Gasteiger partial charge >= 0.3 is 0 Å². The van der Waals surface area contributed by atoms with Crippen LogP contribution in [-0.2, 0) is 11.3 Å². The van der Waals surface area contributed by atoms with Crippen LogP contribution in [0.15, 0.2) is 66.3 Å². The Labute approximate surface area is 167 Å². The molecule has 1 N–H and O–H groups in total. The number of thiazole rings is 1. The minimum absolute atomic E-state index is 0.133. The fourth-order valence-electron chi connectivity index (χ4n) is 2.81. The molecule has 0 aliphatic rings. The maximum atomic E-state index is 12.5. The summed E-state index contributed by atoms with van der Waals surface area (Å²) in [5, 5.41) is 4.94. The van der Waals surface area contributed by atoms with Gasteiger partial charge in [-0.15, -0.1) is 11.3 Å². The molecule has 0 spiro atoms. The number of amides is 1. The third kappa shape index (κ3) is 4.13. The zero-order valence-electron chi connectivity index (χ0n) is 15.8. The molecule has 2 aromatic carbocycles. The van der Waals surface area contributed by atoms with E-state index in [1.54, 1.807) is 11.3 Å². The van der Waals surface area contributed by atoms with Crippen LogP contribution in [0, 0.1) is 0 Å². The first-order valence-corrected chi connectivity index (χ1v) is 10.0. The Morgan fingerprint density at radius 3 is 2.57 bits per heavy atom. The Kier molecular flexibility index (Phi) is 5.23. The highest BCUT2D eigenvalue weighted by atomic mass is 32.1. The van der Waals surface area contributed by atoms with Gasteiger partial charge in [0, 0.05) is 34.6 Å². The van der Waals surface area contributed by atoms with Crippen LogP contribution in [0.2, 0.25) is 0 Å². The van der Waals surface area contributed by atoms with Crippen molar-refractivity contribution in [1.29, 1.82) is 0 Å². The lowest BCUT2D eigenvalue weighted by Crippen LogP contribution is -2.12. The van der Waals surface area contributed by atoms with E-state index in [0.717, 1.165) is 27.5 Å². The van der Waals surface area contributed by atoms with Gasteiger partial charge in [0.1, 0.15) is 0 Å². The second kappa shape index (κ2) is 7.96. The summed E-state index contributed by atoms with van der Waals surface area (Å²) in [5.74, 6) is -0.133. The van der Waals surface area contributed by atoms with Crippen molar-refractivity contribution >= 4 is 27.9 Å². The lowest BCUT2D eigenvalue weighted by Gasteiger charge is -2.09. The predicted molar refractivity (Wildman–Crippen MR) is 113 cm³/mol. The summed E-state index contributed by atoms with van der Waals surface area (Å²) in [4.78, 5) is 18.0. The Morgan fingerprint density at radius 2 is 1.89 bits per heavy atom. The SMILES string of the molecule is CC(C)OCc1ccc(C(=O)Nc2ccc(-c3cn4ccsc4n3)cc2)cc1. The molecule has 2 heterocycles. The molecule has 0 aliphatic heterocycles. The molecule has 0 saturated carbocycles. The van der Waals surface area contributed by atoms with Gasteiger partial charge in [-0.05, 0) is 43.7 Å². The first kappa shape index (κ1) is 18.4. The Morgan fingerprint density at radius 1 is 1.14 bits per heavy atom. The Bertz CT molecular complexity index is 1050. The molecule has 0 radical (unpaired) electrons. The van der Waals surface area contributed by atoms with Gasteiger partial charge in [-0.3, -0.25) is 9.20 Å². The van der Waals surface area contributed by atoms with Crippen molar-refractivity contribution < 1.29 is 9.53 Å². The highest BCUT2D eigenvalue weighted by Gasteiger charge is 2.08. The number of imidazole rings is 1. The van der Waals surface area contributed by atoms with Gasteiger partial charge in [-0.2, -0.15) is 0 Å². The number of rotatable bonds is 6. The molecule has 1 amide bonds. The van der Waals surface area contributed by atoms with Gasteiger partial charge in [-0.25, -0.2) is 4.98 Å². The molecule has 0 bridgehead atoms. The van der Waals surface area contributed by atoms with Crippen LogP contribution >= 0.6 is 11.3 Å². The van der Waals surface area contributed by atoms with E-state index in [2.05, 4.69) is 10.3 Å². The summed E-state index contributed by atoms with van der Waals surface area (Å²) in [5.41, 5.74) is 4.36. The standard InChI is InChI=1S/C22H21N3O2S/c1-15(2)27-14-16-3-5-18(6-4-16)21(26)23-19-9-7-17(8-10-19)20-13-25-11-12-28-22(25)24-20/h3-13,15H,14H2,1-2H3,(H,23,26). The van der Waals surface area contributed by atoms with E-state index in [9.17, 15) is 4.79 Å². The molecule has 142 valence electrons. The summed E-state index contributed by atoms with van der Waals surface area (Å²) in [6, 6.07) is 15.2. The quantitative estimate of drug-likeness (QED) is 0.489. The summed E-state index contributed by atoms with van der Waals surface area (Å²) in [6.07, 6.45) is 4.18. The van der Waals surface area contributed by atoms with Crippen molar-refractivity contribution in [1.82, 2.24) is 9.38 Å². The molecule has 4 aromatic rings. The van der Waals surface area contributed by atoms with Crippen LogP contribution in [0.25, 0.3) is 16.2 Å². The number of hydrogen-bond acceptors (Lipinski definition) is 4. The topological polar surface area (TPSA) is 55.6 Å². The first-order chi connectivity index (χ1) is 13.6.